The van der Waals surface area contributed by atoms with Crippen LogP contribution in [0.2, 0.25) is 0 Å². The van der Waals surface area contributed by atoms with E-state index in [1.54, 1.807) is 0 Å². The lowest BCUT2D eigenvalue weighted by Gasteiger charge is -2.31. The summed E-state index contributed by atoms with van der Waals surface area (Å²) in [6, 6.07) is 55.0. The molecule has 1 aromatic heterocycles. The van der Waals surface area contributed by atoms with Crippen LogP contribution in [0.1, 0.15) is 46.0 Å². The van der Waals surface area contributed by atoms with Crippen LogP contribution in [0.3, 0.4) is 0 Å². The van der Waals surface area contributed by atoms with Gasteiger partial charge in [0.15, 0.2) is 17.5 Å². The van der Waals surface area contributed by atoms with Gasteiger partial charge in [-0.15, -0.1) is 0 Å². The van der Waals surface area contributed by atoms with E-state index in [9.17, 15) is 0 Å². The molecule has 3 heteroatoms. The van der Waals surface area contributed by atoms with Crippen molar-refractivity contribution in [3.63, 3.8) is 0 Å². The fourth-order valence-electron chi connectivity index (χ4n) is 9.06. The Morgan fingerprint density at radius 3 is 1.71 bits per heavy atom. The lowest BCUT2D eigenvalue weighted by atomic mass is 9.69. The van der Waals surface area contributed by atoms with Crippen molar-refractivity contribution in [2.24, 2.45) is 0 Å². The second kappa shape index (κ2) is 10.8. The highest BCUT2D eigenvalue weighted by molar-refractivity contribution is 6.17. The molecule has 8 aromatic rings. The van der Waals surface area contributed by atoms with Crippen molar-refractivity contribution in [1.29, 1.82) is 0 Å². The molecule has 3 nitrogen and oxygen atoms in total. The Hall–Kier alpha value is -6.45. The highest BCUT2D eigenvalue weighted by atomic mass is 15.0. The van der Waals surface area contributed by atoms with Gasteiger partial charge >= 0.3 is 0 Å². The second-order valence-electron chi connectivity index (χ2n) is 13.9. The molecule has 238 valence electrons. The van der Waals surface area contributed by atoms with Crippen LogP contribution < -0.4 is 0 Å². The molecule has 0 saturated heterocycles. The van der Waals surface area contributed by atoms with Gasteiger partial charge in [0.2, 0.25) is 0 Å². The Morgan fingerprint density at radius 1 is 0.471 bits per heavy atom. The van der Waals surface area contributed by atoms with Crippen molar-refractivity contribution in [3.05, 3.63) is 204 Å². The van der Waals surface area contributed by atoms with Crippen LogP contribution in [-0.2, 0) is 5.41 Å². The van der Waals surface area contributed by atoms with Gasteiger partial charge < -0.3 is 0 Å². The number of fused-ring (bicyclic) bond motifs is 7. The zero-order chi connectivity index (χ0) is 33.5. The summed E-state index contributed by atoms with van der Waals surface area (Å²) < 4.78 is 0. The maximum absolute atomic E-state index is 5.07. The van der Waals surface area contributed by atoms with Crippen molar-refractivity contribution < 1.29 is 0 Å². The Labute approximate surface area is 296 Å². The molecular weight excluding hydrogens is 619 g/mol. The predicted molar refractivity (Wildman–Crippen MR) is 207 cm³/mol. The molecule has 1 atom stereocenters. The number of benzene rings is 7. The molecule has 3 aliphatic rings. The van der Waals surface area contributed by atoms with Crippen LogP contribution in [0.5, 0.6) is 0 Å². The topological polar surface area (TPSA) is 38.7 Å². The number of rotatable bonds is 4. The number of aromatic nitrogens is 3. The van der Waals surface area contributed by atoms with Gasteiger partial charge in [-0.25, -0.2) is 15.0 Å². The molecule has 0 radical (unpaired) electrons. The molecule has 11 rings (SSSR count). The van der Waals surface area contributed by atoms with Crippen LogP contribution in [0.15, 0.2) is 170 Å². The average Bonchev–Trinajstić information content (AvgIpc) is 3.68. The first-order valence-electron chi connectivity index (χ1n) is 17.7. The van der Waals surface area contributed by atoms with Crippen molar-refractivity contribution in [2.45, 2.75) is 17.8 Å². The van der Waals surface area contributed by atoms with Crippen molar-refractivity contribution >= 4 is 27.1 Å². The van der Waals surface area contributed by atoms with Crippen LogP contribution >= 0.6 is 0 Å². The molecule has 7 aromatic carbocycles. The summed E-state index contributed by atoms with van der Waals surface area (Å²) in [4.78, 5) is 15.1. The van der Waals surface area contributed by atoms with E-state index in [0.29, 0.717) is 11.6 Å². The van der Waals surface area contributed by atoms with Crippen molar-refractivity contribution in [1.82, 2.24) is 15.0 Å². The molecule has 1 unspecified atom stereocenters. The highest BCUT2D eigenvalue weighted by Crippen LogP contribution is 2.62. The van der Waals surface area contributed by atoms with Gasteiger partial charge in [-0.1, -0.05) is 170 Å². The smallest absolute Gasteiger partial charge is 0.164 e. The fourth-order valence-corrected chi connectivity index (χ4v) is 9.06. The molecular formula is C48H31N3. The molecule has 0 aliphatic heterocycles. The Balaban J connectivity index is 1.05. The molecule has 0 amide bonds. The molecule has 51 heavy (non-hydrogen) atoms. The maximum Gasteiger partial charge on any atom is 0.164 e. The third-order valence-corrected chi connectivity index (χ3v) is 11.3. The van der Waals surface area contributed by atoms with E-state index in [4.69, 9.17) is 15.0 Å². The van der Waals surface area contributed by atoms with E-state index in [-0.39, 0.29) is 11.3 Å². The summed E-state index contributed by atoms with van der Waals surface area (Å²) in [7, 11) is 0. The molecule has 1 heterocycles. The Kier molecular flexibility index (Phi) is 6.00. The van der Waals surface area contributed by atoms with E-state index in [2.05, 4.69) is 133 Å². The normalized spacial score (nSPS) is 16.2. The summed E-state index contributed by atoms with van der Waals surface area (Å²) >= 11 is 0. The summed E-state index contributed by atoms with van der Waals surface area (Å²) in [6.45, 7) is 0. The van der Waals surface area contributed by atoms with E-state index >= 15 is 0 Å². The maximum atomic E-state index is 5.07. The van der Waals surface area contributed by atoms with E-state index in [1.165, 1.54) is 60.5 Å². The third kappa shape index (κ3) is 4.03. The minimum Gasteiger partial charge on any atom is -0.209 e. The average molecular weight is 650 g/mol. The van der Waals surface area contributed by atoms with E-state index in [0.717, 1.165) is 28.9 Å². The Morgan fingerprint density at radius 2 is 1.04 bits per heavy atom. The number of allylic oxidation sites excluding steroid dienone is 4. The van der Waals surface area contributed by atoms with E-state index in [1.807, 2.05) is 36.4 Å². The first kappa shape index (κ1) is 28.4. The molecule has 3 aliphatic carbocycles. The number of hydrogen-bond donors (Lipinski definition) is 0. The second-order valence-corrected chi connectivity index (χ2v) is 13.9. The number of hydrogen-bond acceptors (Lipinski definition) is 3. The van der Waals surface area contributed by atoms with Crippen LogP contribution in [0.25, 0.3) is 61.0 Å². The summed E-state index contributed by atoms with van der Waals surface area (Å²) in [5, 5.41) is 5.39. The lowest BCUT2D eigenvalue weighted by Crippen LogP contribution is -2.26. The number of nitrogens with zero attached hydrogens (tertiary/aromatic N) is 3. The first-order valence-corrected chi connectivity index (χ1v) is 17.7. The minimum atomic E-state index is -0.370. The summed E-state index contributed by atoms with van der Waals surface area (Å²) in [5.41, 5.74) is 12.2. The molecule has 0 bridgehead atoms. The predicted octanol–water partition coefficient (Wildman–Crippen LogP) is 11.3. The van der Waals surface area contributed by atoms with Gasteiger partial charge in [-0.3, -0.25) is 0 Å². The van der Waals surface area contributed by atoms with Gasteiger partial charge in [0.1, 0.15) is 0 Å². The zero-order valence-corrected chi connectivity index (χ0v) is 27.8. The zero-order valence-electron chi connectivity index (χ0n) is 27.8. The molecule has 0 N–H and O–H groups in total. The molecule has 1 spiro atoms. The van der Waals surface area contributed by atoms with Gasteiger partial charge in [0.25, 0.3) is 0 Å². The summed E-state index contributed by atoms with van der Waals surface area (Å²) in [5.74, 6) is 2.27. The van der Waals surface area contributed by atoms with Gasteiger partial charge in [0, 0.05) is 17.0 Å². The van der Waals surface area contributed by atoms with Crippen LogP contribution in [0.4, 0.5) is 0 Å². The quantitative estimate of drug-likeness (QED) is 0.178. The monoisotopic (exact) mass is 649 g/mol. The SMILES string of the molecule is C1=CC(c2ccc3c(c2)C2(c4ccccc4-3)c3cccc4ccc5cccc2c5c34)CC(c2nc(-c3ccccc3)nc(-c3ccccc3)n2)=C1. The fraction of sp³-hybridized carbons (Fsp3) is 0.0625. The van der Waals surface area contributed by atoms with Gasteiger partial charge in [-0.05, 0) is 72.5 Å². The molecule has 0 saturated carbocycles. The lowest BCUT2D eigenvalue weighted by molar-refractivity contribution is 0.787. The van der Waals surface area contributed by atoms with E-state index < -0.39 is 0 Å². The summed E-state index contributed by atoms with van der Waals surface area (Å²) in [6.07, 6.45) is 7.49. The van der Waals surface area contributed by atoms with Crippen LogP contribution in [-0.4, -0.2) is 15.0 Å². The first-order chi connectivity index (χ1) is 25.3. The highest BCUT2D eigenvalue weighted by Gasteiger charge is 2.50. The van der Waals surface area contributed by atoms with Gasteiger partial charge in [-0.2, -0.15) is 0 Å². The minimum absolute atomic E-state index is 0.170. The standard InChI is InChI=1S/C48H31N3/c1-3-12-32(13-4-1)45-49-46(33-14-5-2-6-15-33)51-47(50-45)36-19-9-18-34(28-36)35-26-27-38-37-20-7-8-21-39(37)48(42(38)29-35)40-22-10-16-30-24-25-31-17-11-23-41(48)44(31)43(30)40/h1-27,29,34H,28H2. The van der Waals surface area contributed by atoms with Crippen molar-refractivity contribution in [3.8, 4) is 33.9 Å². The van der Waals surface area contributed by atoms with Gasteiger partial charge in [0.05, 0.1) is 5.41 Å². The third-order valence-electron chi connectivity index (χ3n) is 11.3. The Bertz CT molecular complexity index is 2660. The van der Waals surface area contributed by atoms with Crippen molar-refractivity contribution in [2.75, 3.05) is 0 Å². The largest absolute Gasteiger partial charge is 0.209 e. The van der Waals surface area contributed by atoms with Crippen LogP contribution in [0, 0.1) is 0 Å². The molecule has 0 fully saturated rings.